The highest BCUT2D eigenvalue weighted by atomic mass is 19.1. The molecular weight excluding hydrogens is 253 g/mol. The molecule has 0 aliphatic carbocycles. The highest BCUT2D eigenvalue weighted by molar-refractivity contribution is 5.21. The normalized spacial score (nSPS) is 12.1. The van der Waals surface area contributed by atoms with Crippen LogP contribution in [0.5, 0.6) is 5.75 Å². The van der Waals surface area contributed by atoms with Crippen LogP contribution in [0, 0.1) is 5.82 Å². The number of hydrogen-bond donors (Lipinski definition) is 1. The van der Waals surface area contributed by atoms with Gasteiger partial charge in [0.15, 0.2) is 0 Å². The van der Waals surface area contributed by atoms with Crippen molar-refractivity contribution in [1.82, 2.24) is 5.32 Å². The molecule has 1 unspecified atom stereocenters. The fourth-order valence-corrected chi connectivity index (χ4v) is 1.97. The largest absolute Gasteiger partial charge is 0.494 e. The van der Waals surface area contributed by atoms with Crippen molar-refractivity contribution < 1.29 is 9.13 Å². The van der Waals surface area contributed by atoms with Crippen molar-refractivity contribution in [3.63, 3.8) is 0 Å². The fourth-order valence-electron chi connectivity index (χ4n) is 1.97. The zero-order valence-electron chi connectivity index (χ0n) is 11.7. The van der Waals surface area contributed by atoms with Gasteiger partial charge in [0.05, 0.1) is 6.61 Å². The molecule has 20 heavy (non-hydrogen) atoms. The molecule has 0 aromatic heterocycles. The molecule has 1 N–H and O–H groups in total. The van der Waals surface area contributed by atoms with Crippen molar-refractivity contribution in [1.29, 1.82) is 0 Å². The SMILES string of the molecule is CC(NCCCOc1ccccc1)c1ccc(F)cc1. The lowest BCUT2D eigenvalue weighted by atomic mass is 10.1. The van der Waals surface area contributed by atoms with Crippen molar-refractivity contribution >= 4 is 0 Å². The second kappa shape index (κ2) is 7.65. The van der Waals surface area contributed by atoms with Crippen molar-refractivity contribution in [3.05, 3.63) is 66.0 Å². The Morgan fingerprint density at radius 2 is 1.75 bits per heavy atom. The molecule has 2 nitrogen and oxygen atoms in total. The molecule has 0 saturated carbocycles. The molecule has 0 saturated heterocycles. The number of ether oxygens (including phenoxy) is 1. The quantitative estimate of drug-likeness (QED) is 0.771. The van der Waals surface area contributed by atoms with Gasteiger partial charge in [0.2, 0.25) is 0 Å². The number of nitrogens with one attached hydrogen (secondary N) is 1. The summed E-state index contributed by atoms with van der Waals surface area (Å²) in [5, 5.41) is 3.40. The van der Waals surface area contributed by atoms with Crippen LogP contribution in [0.25, 0.3) is 0 Å². The van der Waals surface area contributed by atoms with E-state index < -0.39 is 0 Å². The van der Waals surface area contributed by atoms with E-state index in [1.54, 1.807) is 0 Å². The molecule has 0 spiro atoms. The minimum absolute atomic E-state index is 0.197. The lowest BCUT2D eigenvalue weighted by Crippen LogP contribution is -2.21. The minimum Gasteiger partial charge on any atom is -0.494 e. The van der Waals surface area contributed by atoms with Gasteiger partial charge in [0.25, 0.3) is 0 Å². The molecule has 0 radical (unpaired) electrons. The first-order valence-corrected chi connectivity index (χ1v) is 6.92. The van der Waals surface area contributed by atoms with Gasteiger partial charge >= 0.3 is 0 Å². The van der Waals surface area contributed by atoms with E-state index >= 15 is 0 Å². The van der Waals surface area contributed by atoms with Gasteiger partial charge in [-0.2, -0.15) is 0 Å². The van der Waals surface area contributed by atoms with Crippen LogP contribution in [-0.4, -0.2) is 13.2 Å². The van der Waals surface area contributed by atoms with Crippen molar-refractivity contribution in [3.8, 4) is 5.75 Å². The van der Waals surface area contributed by atoms with Crippen LogP contribution < -0.4 is 10.1 Å². The molecular formula is C17H20FNO. The van der Waals surface area contributed by atoms with Gasteiger partial charge in [-0.3, -0.25) is 0 Å². The average Bonchev–Trinajstić information content (AvgIpc) is 2.48. The van der Waals surface area contributed by atoms with Crippen LogP contribution in [0.4, 0.5) is 4.39 Å². The maximum Gasteiger partial charge on any atom is 0.123 e. The minimum atomic E-state index is -0.197. The summed E-state index contributed by atoms with van der Waals surface area (Å²) in [6.45, 7) is 3.63. The summed E-state index contributed by atoms with van der Waals surface area (Å²) < 4.78 is 18.4. The first-order chi connectivity index (χ1) is 9.75. The van der Waals surface area contributed by atoms with Gasteiger partial charge in [-0.25, -0.2) is 4.39 Å². The Kier molecular flexibility index (Phi) is 5.56. The molecule has 1 atom stereocenters. The molecule has 0 aliphatic rings. The molecule has 0 aliphatic heterocycles. The van der Waals surface area contributed by atoms with Crippen LogP contribution in [0.15, 0.2) is 54.6 Å². The van der Waals surface area contributed by atoms with E-state index in [2.05, 4.69) is 12.2 Å². The Morgan fingerprint density at radius 3 is 2.45 bits per heavy atom. The van der Waals surface area contributed by atoms with Crippen LogP contribution >= 0.6 is 0 Å². The predicted octanol–water partition coefficient (Wildman–Crippen LogP) is 3.95. The van der Waals surface area contributed by atoms with E-state index in [0.717, 1.165) is 24.3 Å². The standard InChI is InChI=1S/C17H20FNO/c1-14(15-8-10-16(18)11-9-15)19-12-5-13-20-17-6-3-2-4-7-17/h2-4,6-11,14,19H,5,12-13H2,1H3. The Bertz CT molecular complexity index is 498. The van der Waals surface area contributed by atoms with Gasteiger partial charge in [-0.15, -0.1) is 0 Å². The summed E-state index contributed by atoms with van der Waals surface area (Å²) in [6, 6.07) is 16.6. The molecule has 3 heteroatoms. The van der Waals surface area contributed by atoms with E-state index in [-0.39, 0.29) is 11.9 Å². The Morgan fingerprint density at radius 1 is 1.05 bits per heavy atom. The number of halogens is 1. The van der Waals surface area contributed by atoms with Crippen molar-refractivity contribution in [2.75, 3.05) is 13.2 Å². The second-order valence-electron chi connectivity index (χ2n) is 4.74. The van der Waals surface area contributed by atoms with Gasteiger partial charge in [0.1, 0.15) is 11.6 Å². The van der Waals surface area contributed by atoms with E-state index in [1.807, 2.05) is 42.5 Å². The third-order valence-electron chi connectivity index (χ3n) is 3.15. The van der Waals surface area contributed by atoms with E-state index in [9.17, 15) is 4.39 Å². The molecule has 2 aromatic carbocycles. The average molecular weight is 273 g/mol. The van der Waals surface area contributed by atoms with Gasteiger partial charge in [0, 0.05) is 6.04 Å². The molecule has 0 fully saturated rings. The first kappa shape index (κ1) is 14.5. The highest BCUT2D eigenvalue weighted by Crippen LogP contribution is 2.13. The van der Waals surface area contributed by atoms with Crippen molar-refractivity contribution in [2.45, 2.75) is 19.4 Å². The molecule has 2 aromatic rings. The highest BCUT2D eigenvalue weighted by Gasteiger charge is 2.04. The van der Waals surface area contributed by atoms with Gasteiger partial charge < -0.3 is 10.1 Å². The number of hydrogen-bond acceptors (Lipinski definition) is 2. The zero-order valence-corrected chi connectivity index (χ0v) is 11.7. The van der Waals surface area contributed by atoms with Gasteiger partial charge in [-0.05, 0) is 49.7 Å². The summed E-state index contributed by atoms with van der Waals surface area (Å²) in [7, 11) is 0. The van der Waals surface area contributed by atoms with Crippen LogP contribution in [0.1, 0.15) is 24.9 Å². The van der Waals surface area contributed by atoms with Gasteiger partial charge in [-0.1, -0.05) is 30.3 Å². The van der Waals surface area contributed by atoms with Crippen molar-refractivity contribution in [2.24, 2.45) is 0 Å². The molecule has 106 valence electrons. The Balaban J connectivity index is 1.64. The second-order valence-corrected chi connectivity index (χ2v) is 4.74. The van der Waals surface area contributed by atoms with E-state index in [0.29, 0.717) is 6.61 Å². The fraction of sp³-hybridized carbons (Fsp3) is 0.294. The lowest BCUT2D eigenvalue weighted by molar-refractivity contribution is 0.305. The molecule has 0 heterocycles. The smallest absolute Gasteiger partial charge is 0.123 e. The van der Waals surface area contributed by atoms with Crippen LogP contribution in [-0.2, 0) is 0 Å². The van der Waals surface area contributed by atoms with Crippen LogP contribution in [0.3, 0.4) is 0 Å². The summed E-state index contributed by atoms with van der Waals surface area (Å²) in [6.07, 6.45) is 0.931. The number of benzene rings is 2. The monoisotopic (exact) mass is 273 g/mol. The topological polar surface area (TPSA) is 21.3 Å². The molecule has 0 amide bonds. The zero-order chi connectivity index (χ0) is 14.2. The maximum atomic E-state index is 12.8. The van der Waals surface area contributed by atoms with E-state index in [1.165, 1.54) is 12.1 Å². The Hall–Kier alpha value is -1.87. The third kappa shape index (κ3) is 4.67. The lowest BCUT2D eigenvalue weighted by Gasteiger charge is -2.14. The first-order valence-electron chi connectivity index (χ1n) is 6.92. The Labute approximate surface area is 119 Å². The van der Waals surface area contributed by atoms with E-state index in [4.69, 9.17) is 4.74 Å². The number of para-hydroxylation sites is 1. The van der Waals surface area contributed by atoms with Crippen LogP contribution in [0.2, 0.25) is 0 Å². The summed E-state index contributed by atoms with van der Waals surface area (Å²) in [4.78, 5) is 0. The third-order valence-corrected chi connectivity index (χ3v) is 3.15. The molecule has 0 bridgehead atoms. The number of rotatable bonds is 7. The predicted molar refractivity (Wildman–Crippen MR) is 79.4 cm³/mol. The summed E-state index contributed by atoms with van der Waals surface area (Å²) in [5.74, 6) is 0.705. The maximum absolute atomic E-state index is 12.8. The molecule has 2 rings (SSSR count). The summed E-state index contributed by atoms with van der Waals surface area (Å²) >= 11 is 0. The summed E-state index contributed by atoms with van der Waals surface area (Å²) in [5.41, 5.74) is 1.09.